The number of rotatable bonds is 4. The summed E-state index contributed by atoms with van der Waals surface area (Å²) in [6, 6.07) is 10.0. The quantitative estimate of drug-likeness (QED) is 0.855. The summed E-state index contributed by atoms with van der Waals surface area (Å²) in [5, 5.41) is 0. The topological polar surface area (TPSA) is 38.8 Å². The van der Waals surface area contributed by atoms with Crippen molar-refractivity contribution < 1.29 is 14.3 Å². The standard InChI is InChI=1S/C19H21NO3/c1-22-17-10-15-8-9-19(21)20(12-14-6-4-3-5-7-14)13-16(15)11-18(17)23-2/h3-7,10-11,13,15H,8-9,12H2,1-2H3. The largest absolute Gasteiger partial charge is 0.493 e. The number of benzene rings is 1. The third-order valence-electron chi connectivity index (χ3n) is 4.25. The zero-order valence-corrected chi connectivity index (χ0v) is 13.5. The second kappa shape index (κ2) is 6.73. The molecule has 0 saturated carbocycles. The van der Waals surface area contributed by atoms with Crippen LogP contribution in [0.1, 0.15) is 18.4 Å². The normalized spacial score (nSPS) is 20.8. The maximum Gasteiger partial charge on any atom is 0.226 e. The molecule has 3 rings (SSSR count). The second-order valence-electron chi connectivity index (χ2n) is 5.73. The molecule has 0 saturated heterocycles. The average Bonchev–Trinajstić information content (AvgIpc) is 2.74. The number of nitrogens with zero attached hydrogens (tertiary/aromatic N) is 1. The Bertz CT molecular complexity index is 673. The summed E-state index contributed by atoms with van der Waals surface area (Å²) >= 11 is 0. The van der Waals surface area contributed by atoms with E-state index in [1.807, 2.05) is 48.7 Å². The number of amides is 1. The van der Waals surface area contributed by atoms with Crippen LogP contribution >= 0.6 is 0 Å². The van der Waals surface area contributed by atoms with Gasteiger partial charge in [-0.05, 0) is 29.7 Å². The van der Waals surface area contributed by atoms with Crippen molar-refractivity contribution in [1.29, 1.82) is 0 Å². The van der Waals surface area contributed by atoms with Crippen LogP contribution in [-0.2, 0) is 20.8 Å². The third kappa shape index (κ3) is 3.31. The van der Waals surface area contributed by atoms with Crippen LogP contribution in [0, 0.1) is 5.92 Å². The number of hydrogen-bond acceptors (Lipinski definition) is 3. The average molecular weight is 311 g/mol. The van der Waals surface area contributed by atoms with E-state index in [9.17, 15) is 4.79 Å². The van der Waals surface area contributed by atoms with Gasteiger partial charge in [-0.3, -0.25) is 4.79 Å². The molecule has 1 unspecified atom stereocenters. The minimum absolute atomic E-state index is 0.149. The van der Waals surface area contributed by atoms with E-state index in [-0.39, 0.29) is 11.8 Å². The number of hydrogen-bond donors (Lipinski definition) is 0. The molecule has 1 aromatic rings. The Morgan fingerprint density at radius 2 is 1.87 bits per heavy atom. The van der Waals surface area contributed by atoms with E-state index in [4.69, 9.17) is 9.47 Å². The minimum Gasteiger partial charge on any atom is -0.493 e. The Morgan fingerprint density at radius 3 is 2.57 bits per heavy atom. The first kappa shape index (κ1) is 15.4. The Morgan fingerprint density at radius 1 is 1.13 bits per heavy atom. The van der Waals surface area contributed by atoms with Gasteiger partial charge in [0.2, 0.25) is 5.91 Å². The molecule has 0 N–H and O–H groups in total. The van der Waals surface area contributed by atoms with Gasteiger partial charge in [-0.25, -0.2) is 0 Å². The van der Waals surface area contributed by atoms with Crippen LogP contribution in [0.4, 0.5) is 0 Å². The number of allylic oxidation sites excluding steroid dienone is 3. The summed E-state index contributed by atoms with van der Waals surface area (Å²) in [4.78, 5) is 14.2. The summed E-state index contributed by atoms with van der Waals surface area (Å²) in [7, 11) is 3.26. The van der Waals surface area contributed by atoms with Crippen molar-refractivity contribution in [3.8, 4) is 0 Å². The smallest absolute Gasteiger partial charge is 0.226 e. The molecule has 1 aromatic carbocycles. The predicted octanol–water partition coefficient (Wildman–Crippen LogP) is 3.38. The number of carbonyl (C=O) groups excluding carboxylic acids is 1. The Hall–Kier alpha value is -2.49. The molecule has 1 atom stereocenters. The first-order valence-electron chi connectivity index (χ1n) is 7.78. The fourth-order valence-electron chi connectivity index (χ4n) is 2.99. The van der Waals surface area contributed by atoms with Crippen molar-refractivity contribution in [2.75, 3.05) is 14.2 Å². The van der Waals surface area contributed by atoms with Gasteiger partial charge in [-0.1, -0.05) is 30.3 Å². The molecule has 0 fully saturated rings. The Labute approximate surface area is 136 Å². The van der Waals surface area contributed by atoms with Crippen molar-refractivity contribution in [3.63, 3.8) is 0 Å². The molecule has 0 aromatic heterocycles. The van der Waals surface area contributed by atoms with Gasteiger partial charge in [0.25, 0.3) is 0 Å². The lowest BCUT2D eigenvalue weighted by molar-refractivity contribution is -0.129. The highest BCUT2D eigenvalue weighted by Crippen LogP contribution is 2.33. The molecule has 2 aliphatic rings. The molecular formula is C19H21NO3. The maximum absolute atomic E-state index is 12.4. The van der Waals surface area contributed by atoms with Gasteiger partial charge < -0.3 is 14.4 Å². The molecule has 0 bridgehead atoms. The first-order valence-corrected chi connectivity index (χ1v) is 7.78. The summed E-state index contributed by atoms with van der Waals surface area (Å²) in [6.45, 7) is 0.590. The van der Waals surface area contributed by atoms with E-state index in [1.165, 1.54) is 0 Å². The van der Waals surface area contributed by atoms with E-state index in [0.29, 0.717) is 18.7 Å². The minimum atomic E-state index is 0.149. The highest BCUT2D eigenvalue weighted by molar-refractivity contribution is 5.78. The van der Waals surface area contributed by atoms with Gasteiger partial charge >= 0.3 is 0 Å². The Balaban J connectivity index is 1.90. The lowest BCUT2D eigenvalue weighted by Crippen LogP contribution is -2.24. The molecule has 1 amide bonds. The van der Waals surface area contributed by atoms with Crippen LogP contribution in [-0.4, -0.2) is 25.0 Å². The van der Waals surface area contributed by atoms with Gasteiger partial charge in [-0.15, -0.1) is 0 Å². The molecular weight excluding hydrogens is 290 g/mol. The van der Waals surface area contributed by atoms with Gasteiger partial charge in [0.1, 0.15) is 0 Å². The van der Waals surface area contributed by atoms with Crippen LogP contribution < -0.4 is 0 Å². The molecule has 23 heavy (non-hydrogen) atoms. The second-order valence-corrected chi connectivity index (χ2v) is 5.73. The first-order chi connectivity index (χ1) is 11.2. The molecule has 4 nitrogen and oxygen atoms in total. The van der Waals surface area contributed by atoms with Crippen LogP contribution in [0.3, 0.4) is 0 Å². The van der Waals surface area contributed by atoms with Gasteiger partial charge in [0.05, 0.1) is 20.8 Å². The monoisotopic (exact) mass is 311 g/mol. The van der Waals surface area contributed by atoms with Crippen molar-refractivity contribution in [2.24, 2.45) is 5.92 Å². The zero-order valence-electron chi connectivity index (χ0n) is 13.5. The van der Waals surface area contributed by atoms with Crippen molar-refractivity contribution in [2.45, 2.75) is 19.4 Å². The lowest BCUT2D eigenvalue weighted by Gasteiger charge is -2.22. The Kier molecular flexibility index (Phi) is 4.51. The summed E-state index contributed by atoms with van der Waals surface area (Å²) in [6.07, 6.45) is 7.29. The van der Waals surface area contributed by atoms with Crippen LogP contribution in [0.2, 0.25) is 0 Å². The molecule has 4 heteroatoms. The number of fused-ring (bicyclic) bond motifs is 1. The van der Waals surface area contributed by atoms with Crippen molar-refractivity contribution in [3.05, 3.63) is 71.3 Å². The SMILES string of the molecule is COC1=CC2=CN(Cc3ccccc3)C(=O)CCC2C=C1OC. The van der Waals surface area contributed by atoms with Crippen molar-refractivity contribution in [1.82, 2.24) is 4.90 Å². The zero-order chi connectivity index (χ0) is 16.2. The number of methoxy groups -OCH3 is 2. The number of carbonyl (C=O) groups is 1. The van der Waals surface area contributed by atoms with Crippen LogP contribution in [0.15, 0.2) is 65.8 Å². The van der Waals surface area contributed by atoms with Gasteiger partial charge in [-0.2, -0.15) is 0 Å². The van der Waals surface area contributed by atoms with Gasteiger partial charge in [0.15, 0.2) is 11.5 Å². The van der Waals surface area contributed by atoms with Crippen LogP contribution in [0.5, 0.6) is 0 Å². The van der Waals surface area contributed by atoms with Crippen LogP contribution in [0.25, 0.3) is 0 Å². The highest BCUT2D eigenvalue weighted by Gasteiger charge is 2.27. The van der Waals surface area contributed by atoms with Crippen molar-refractivity contribution >= 4 is 5.91 Å². The molecule has 0 radical (unpaired) electrons. The number of ether oxygens (including phenoxy) is 2. The van der Waals surface area contributed by atoms with E-state index in [0.717, 1.165) is 23.3 Å². The molecule has 0 spiro atoms. The fourth-order valence-corrected chi connectivity index (χ4v) is 2.99. The van der Waals surface area contributed by atoms with E-state index < -0.39 is 0 Å². The highest BCUT2D eigenvalue weighted by atomic mass is 16.5. The predicted molar refractivity (Wildman–Crippen MR) is 88.0 cm³/mol. The third-order valence-corrected chi connectivity index (χ3v) is 4.25. The van der Waals surface area contributed by atoms with Gasteiger partial charge in [0, 0.05) is 18.5 Å². The summed E-state index contributed by atoms with van der Waals surface area (Å²) < 4.78 is 10.8. The maximum atomic E-state index is 12.4. The molecule has 1 heterocycles. The summed E-state index contributed by atoms with van der Waals surface area (Å²) in [5.74, 6) is 1.77. The summed E-state index contributed by atoms with van der Waals surface area (Å²) in [5.41, 5.74) is 2.21. The molecule has 1 aliphatic heterocycles. The van der Waals surface area contributed by atoms with E-state index in [2.05, 4.69) is 0 Å². The van der Waals surface area contributed by atoms with E-state index >= 15 is 0 Å². The fraction of sp³-hybridized carbons (Fsp3) is 0.316. The molecule has 1 aliphatic carbocycles. The van der Waals surface area contributed by atoms with E-state index in [1.54, 1.807) is 19.1 Å². The lowest BCUT2D eigenvalue weighted by atomic mass is 9.90. The molecule has 120 valence electrons.